The molecule has 2 N–H and O–H groups in total. The lowest BCUT2D eigenvalue weighted by Gasteiger charge is -2.36. The summed E-state index contributed by atoms with van der Waals surface area (Å²) in [7, 11) is 0. The van der Waals surface area contributed by atoms with Gasteiger partial charge in [0.2, 0.25) is 0 Å². The van der Waals surface area contributed by atoms with Crippen molar-refractivity contribution in [3.8, 4) is 0 Å². The van der Waals surface area contributed by atoms with Crippen molar-refractivity contribution in [2.45, 2.75) is 25.6 Å². The van der Waals surface area contributed by atoms with E-state index in [-0.39, 0.29) is 18.3 Å². The molecule has 0 bridgehead atoms. The van der Waals surface area contributed by atoms with Crippen LogP contribution in [0.3, 0.4) is 0 Å². The Morgan fingerprint density at radius 2 is 2.06 bits per heavy atom. The predicted octanol–water partition coefficient (Wildman–Crippen LogP) is -0.221. The molecule has 0 spiro atoms. The van der Waals surface area contributed by atoms with Gasteiger partial charge in [-0.15, -0.1) is 0 Å². The Hall–Kier alpha value is -0.200. The molecule has 1 aliphatic rings. The van der Waals surface area contributed by atoms with Crippen molar-refractivity contribution >= 4 is 0 Å². The van der Waals surface area contributed by atoms with Gasteiger partial charge in [-0.25, -0.2) is 0 Å². The molecule has 0 aliphatic carbocycles. The summed E-state index contributed by atoms with van der Waals surface area (Å²) >= 11 is 0. The minimum atomic E-state index is -0.111. The highest BCUT2D eigenvalue weighted by Gasteiger charge is 2.28. The zero-order valence-corrected chi connectivity index (χ0v) is 10.2. The van der Waals surface area contributed by atoms with Crippen molar-refractivity contribution in [3.05, 3.63) is 0 Å². The molecule has 16 heavy (non-hydrogen) atoms. The monoisotopic (exact) mass is 233 g/mol. The maximum absolute atomic E-state index is 8.49. The first-order valence-electron chi connectivity index (χ1n) is 5.79. The molecule has 96 valence electrons. The standard InChI is InChI=1S/C11H23NO4/c1-11(2)9-12-7-10(16-11)8-15-6-5-14-4-3-13/h10,12-13H,3-9H2,1-2H3. The Morgan fingerprint density at radius 1 is 1.31 bits per heavy atom. The highest BCUT2D eigenvalue weighted by Crippen LogP contribution is 2.15. The van der Waals surface area contributed by atoms with Crippen LogP contribution < -0.4 is 5.32 Å². The zero-order chi connectivity index (χ0) is 11.9. The van der Waals surface area contributed by atoms with E-state index in [4.69, 9.17) is 19.3 Å². The SMILES string of the molecule is CC1(C)CNCC(COCCOCCO)O1. The molecule has 0 aromatic heterocycles. The second-order valence-electron chi connectivity index (χ2n) is 4.54. The molecule has 0 radical (unpaired) electrons. The second kappa shape index (κ2) is 7.19. The number of morpholine rings is 1. The highest BCUT2D eigenvalue weighted by molar-refractivity contribution is 4.81. The molecule has 1 unspecified atom stereocenters. The van der Waals surface area contributed by atoms with Crippen LogP contribution >= 0.6 is 0 Å². The van der Waals surface area contributed by atoms with Gasteiger partial charge in [0.25, 0.3) is 0 Å². The van der Waals surface area contributed by atoms with Crippen molar-refractivity contribution in [1.82, 2.24) is 5.32 Å². The fourth-order valence-corrected chi connectivity index (χ4v) is 1.66. The molecule has 1 heterocycles. The molecule has 0 saturated carbocycles. The quantitative estimate of drug-likeness (QED) is 0.595. The number of aliphatic hydroxyl groups is 1. The molecule has 5 nitrogen and oxygen atoms in total. The fourth-order valence-electron chi connectivity index (χ4n) is 1.66. The van der Waals surface area contributed by atoms with E-state index in [1.54, 1.807) is 0 Å². The minimum Gasteiger partial charge on any atom is -0.394 e. The Bertz CT molecular complexity index is 187. The predicted molar refractivity (Wildman–Crippen MR) is 60.5 cm³/mol. The first kappa shape index (κ1) is 13.9. The molecule has 1 rings (SSSR count). The number of aliphatic hydroxyl groups excluding tert-OH is 1. The average Bonchev–Trinajstić information content (AvgIpc) is 2.22. The largest absolute Gasteiger partial charge is 0.394 e. The topological polar surface area (TPSA) is 60.0 Å². The maximum atomic E-state index is 8.49. The van der Waals surface area contributed by atoms with E-state index in [1.807, 2.05) is 0 Å². The van der Waals surface area contributed by atoms with Gasteiger partial charge in [0, 0.05) is 13.1 Å². The van der Waals surface area contributed by atoms with Crippen LogP contribution in [-0.4, -0.2) is 62.9 Å². The van der Waals surface area contributed by atoms with E-state index in [9.17, 15) is 0 Å². The first-order chi connectivity index (χ1) is 7.64. The Kier molecular flexibility index (Phi) is 6.23. The third kappa shape index (κ3) is 5.77. The smallest absolute Gasteiger partial charge is 0.0940 e. The highest BCUT2D eigenvalue weighted by atomic mass is 16.6. The summed E-state index contributed by atoms with van der Waals surface area (Å²) in [6.07, 6.45) is 0.113. The Balaban J connectivity index is 2.00. The Morgan fingerprint density at radius 3 is 2.75 bits per heavy atom. The van der Waals surface area contributed by atoms with Gasteiger partial charge in [0.05, 0.1) is 44.7 Å². The summed E-state index contributed by atoms with van der Waals surface area (Å²) in [5.74, 6) is 0. The summed E-state index contributed by atoms with van der Waals surface area (Å²) in [5.41, 5.74) is -0.111. The lowest BCUT2D eigenvalue weighted by atomic mass is 10.1. The molecule has 0 amide bonds. The van der Waals surface area contributed by atoms with Crippen molar-refractivity contribution in [2.75, 3.05) is 46.1 Å². The average molecular weight is 233 g/mol. The molecule has 1 atom stereocenters. The van der Waals surface area contributed by atoms with Crippen molar-refractivity contribution in [1.29, 1.82) is 0 Å². The van der Waals surface area contributed by atoms with E-state index in [0.29, 0.717) is 26.4 Å². The molecule has 5 heteroatoms. The van der Waals surface area contributed by atoms with E-state index in [0.717, 1.165) is 13.1 Å². The van der Waals surface area contributed by atoms with Crippen LogP contribution in [0, 0.1) is 0 Å². The summed E-state index contributed by atoms with van der Waals surface area (Å²) in [6, 6.07) is 0. The zero-order valence-electron chi connectivity index (χ0n) is 10.2. The molecular formula is C11H23NO4. The van der Waals surface area contributed by atoms with Gasteiger partial charge in [0.1, 0.15) is 0 Å². The summed E-state index contributed by atoms with van der Waals surface area (Å²) < 4.78 is 16.4. The van der Waals surface area contributed by atoms with Gasteiger partial charge >= 0.3 is 0 Å². The number of hydrogen-bond acceptors (Lipinski definition) is 5. The van der Waals surface area contributed by atoms with E-state index < -0.39 is 0 Å². The minimum absolute atomic E-state index is 0.0594. The number of hydrogen-bond donors (Lipinski definition) is 2. The van der Waals surface area contributed by atoms with Crippen molar-refractivity contribution in [2.24, 2.45) is 0 Å². The van der Waals surface area contributed by atoms with Crippen LogP contribution in [0.25, 0.3) is 0 Å². The molecule has 0 aromatic carbocycles. The van der Waals surface area contributed by atoms with Crippen LogP contribution in [0.2, 0.25) is 0 Å². The molecular weight excluding hydrogens is 210 g/mol. The summed E-state index contributed by atoms with van der Waals surface area (Å²) in [4.78, 5) is 0. The van der Waals surface area contributed by atoms with Gasteiger partial charge < -0.3 is 24.6 Å². The number of rotatable bonds is 7. The molecule has 1 fully saturated rings. The van der Waals surface area contributed by atoms with Gasteiger partial charge in [-0.05, 0) is 13.8 Å². The Labute approximate surface area is 97.1 Å². The number of nitrogens with one attached hydrogen (secondary N) is 1. The number of ether oxygens (including phenoxy) is 3. The lowest BCUT2D eigenvalue weighted by molar-refractivity contribution is -0.123. The van der Waals surface area contributed by atoms with E-state index in [1.165, 1.54) is 0 Å². The molecule has 1 aliphatic heterocycles. The van der Waals surface area contributed by atoms with Crippen molar-refractivity contribution < 1.29 is 19.3 Å². The van der Waals surface area contributed by atoms with Crippen LogP contribution in [0.1, 0.15) is 13.8 Å². The first-order valence-corrected chi connectivity index (χ1v) is 5.79. The van der Waals surface area contributed by atoms with Gasteiger partial charge in [-0.2, -0.15) is 0 Å². The van der Waals surface area contributed by atoms with Crippen molar-refractivity contribution in [3.63, 3.8) is 0 Å². The fraction of sp³-hybridized carbons (Fsp3) is 1.00. The molecule has 1 saturated heterocycles. The van der Waals surface area contributed by atoms with Gasteiger partial charge in [0.15, 0.2) is 0 Å². The summed E-state index contributed by atoms with van der Waals surface area (Å²) in [5, 5.41) is 11.8. The lowest BCUT2D eigenvalue weighted by Crippen LogP contribution is -2.51. The second-order valence-corrected chi connectivity index (χ2v) is 4.54. The van der Waals surface area contributed by atoms with Crippen LogP contribution in [0.15, 0.2) is 0 Å². The van der Waals surface area contributed by atoms with Crippen LogP contribution in [-0.2, 0) is 14.2 Å². The van der Waals surface area contributed by atoms with Crippen LogP contribution in [0.4, 0.5) is 0 Å². The van der Waals surface area contributed by atoms with Crippen LogP contribution in [0.5, 0.6) is 0 Å². The van der Waals surface area contributed by atoms with E-state index in [2.05, 4.69) is 19.2 Å². The maximum Gasteiger partial charge on any atom is 0.0940 e. The normalized spacial score (nSPS) is 24.6. The third-order valence-corrected chi connectivity index (χ3v) is 2.32. The summed E-state index contributed by atoms with van der Waals surface area (Å²) in [6.45, 7) is 7.92. The third-order valence-electron chi connectivity index (χ3n) is 2.32. The van der Waals surface area contributed by atoms with Gasteiger partial charge in [-0.3, -0.25) is 0 Å². The van der Waals surface area contributed by atoms with Gasteiger partial charge in [-0.1, -0.05) is 0 Å². The molecule has 0 aromatic rings. The van der Waals surface area contributed by atoms with E-state index >= 15 is 0 Å².